The molecule has 0 atom stereocenters. The molecule has 0 saturated heterocycles. The van der Waals surface area contributed by atoms with Gasteiger partial charge < -0.3 is 5.73 Å². The third-order valence-corrected chi connectivity index (χ3v) is 9.21. The average Bonchev–Trinajstić information content (AvgIpc) is 3.36. The van der Waals surface area contributed by atoms with Gasteiger partial charge in [-0.15, -0.1) is 0 Å². The van der Waals surface area contributed by atoms with E-state index < -0.39 is 4.92 Å². The second-order valence-electron chi connectivity index (χ2n) is 9.74. The zero-order chi connectivity index (χ0) is 30.5. The van der Waals surface area contributed by atoms with E-state index in [-0.39, 0.29) is 43.1 Å². The van der Waals surface area contributed by atoms with E-state index in [1.54, 1.807) is 20.1 Å². The van der Waals surface area contributed by atoms with Gasteiger partial charge in [-0.25, -0.2) is 9.36 Å². The molecule has 42 heavy (non-hydrogen) atoms. The van der Waals surface area contributed by atoms with E-state index in [1.807, 2.05) is 0 Å². The van der Waals surface area contributed by atoms with Crippen molar-refractivity contribution in [3.05, 3.63) is 85.5 Å². The van der Waals surface area contributed by atoms with Crippen LogP contribution in [-0.2, 0) is 26.2 Å². The van der Waals surface area contributed by atoms with Gasteiger partial charge in [0, 0.05) is 43.4 Å². The Hall–Kier alpha value is -2.60. The van der Waals surface area contributed by atoms with Gasteiger partial charge in [-0.1, -0.05) is 69.6 Å². The molecule has 0 aliphatic carbocycles. The highest BCUT2D eigenvalue weighted by Gasteiger charge is 2.27. The Morgan fingerprint density at radius 2 is 1.02 bits per heavy atom. The monoisotopic (exact) mass is 692 g/mol. The van der Waals surface area contributed by atoms with Crippen LogP contribution in [0.5, 0.6) is 0 Å². The fourth-order valence-corrected chi connectivity index (χ4v) is 6.87. The molecular formula is C26H22Cl6N6O4. The summed E-state index contributed by atoms with van der Waals surface area (Å²) in [4.78, 5) is 35.5. The fourth-order valence-electron chi connectivity index (χ4n) is 5.13. The van der Waals surface area contributed by atoms with Crippen molar-refractivity contribution >= 4 is 81.0 Å². The third-order valence-electron chi connectivity index (χ3n) is 7.18. The zero-order valence-electron chi connectivity index (χ0n) is 21.7. The lowest BCUT2D eigenvalue weighted by Gasteiger charge is -2.17. The zero-order valence-corrected chi connectivity index (χ0v) is 26.2. The van der Waals surface area contributed by atoms with Gasteiger partial charge >= 0.3 is 0 Å². The highest BCUT2D eigenvalue weighted by molar-refractivity contribution is 6.39. The normalized spacial score (nSPS) is 14.1. The van der Waals surface area contributed by atoms with Crippen LogP contribution in [-0.4, -0.2) is 23.7 Å². The molecule has 4 heterocycles. The van der Waals surface area contributed by atoms with Crippen molar-refractivity contribution in [1.29, 1.82) is 0 Å². The topological polar surface area (TPSA) is 123 Å². The summed E-state index contributed by atoms with van der Waals surface area (Å²) in [5, 5.41) is 12.5. The average molecular weight is 695 g/mol. The van der Waals surface area contributed by atoms with Gasteiger partial charge in [-0.2, -0.15) is 0 Å². The van der Waals surface area contributed by atoms with Crippen LogP contribution >= 0.6 is 69.6 Å². The van der Waals surface area contributed by atoms with Crippen LogP contribution in [0.4, 0.5) is 11.4 Å². The lowest BCUT2D eigenvalue weighted by molar-refractivity contribution is -0.384. The second kappa shape index (κ2) is 12.2. The Balaban J connectivity index is 0.000000169. The van der Waals surface area contributed by atoms with Crippen molar-refractivity contribution in [3.63, 3.8) is 0 Å². The molecule has 2 aliphatic rings. The Morgan fingerprint density at radius 1 is 0.619 bits per heavy atom. The minimum absolute atomic E-state index is 0.0843. The highest BCUT2D eigenvalue weighted by Crippen LogP contribution is 2.39. The van der Waals surface area contributed by atoms with Crippen LogP contribution in [0.1, 0.15) is 25.7 Å². The van der Waals surface area contributed by atoms with Crippen LogP contribution in [0, 0.1) is 10.1 Å². The molecule has 6 rings (SSSR count). The molecule has 0 radical (unpaired) electrons. The number of anilines is 1. The summed E-state index contributed by atoms with van der Waals surface area (Å²) in [5.41, 5.74) is 6.73. The lowest BCUT2D eigenvalue weighted by atomic mass is 10.1. The third kappa shape index (κ3) is 5.44. The van der Waals surface area contributed by atoms with Crippen LogP contribution < -0.4 is 16.9 Å². The summed E-state index contributed by atoms with van der Waals surface area (Å²) in [6.07, 6.45) is 3.77. The second-order valence-corrected chi connectivity index (χ2v) is 12.1. The number of fused-ring (bicyclic) bond motifs is 2. The molecule has 2 aliphatic heterocycles. The molecule has 0 spiro atoms. The maximum Gasteiger partial charge on any atom is 0.288 e. The Bertz CT molecular complexity index is 1860. The van der Waals surface area contributed by atoms with E-state index in [2.05, 4.69) is 0 Å². The van der Waals surface area contributed by atoms with Gasteiger partial charge in [0.05, 0.1) is 36.8 Å². The molecule has 222 valence electrons. The smallest absolute Gasteiger partial charge is 0.288 e. The first-order valence-corrected chi connectivity index (χ1v) is 15.1. The van der Waals surface area contributed by atoms with Gasteiger partial charge in [0.2, 0.25) is 0 Å². The number of nitro benzene ring substituents is 1. The van der Waals surface area contributed by atoms with Crippen molar-refractivity contribution in [2.24, 2.45) is 0 Å². The number of hydrogen-bond donors (Lipinski definition) is 1. The summed E-state index contributed by atoms with van der Waals surface area (Å²) in [7, 11) is 0. The number of benzene rings is 2. The van der Waals surface area contributed by atoms with Crippen molar-refractivity contribution < 1.29 is 4.92 Å². The number of nitrogen functional groups attached to an aromatic ring is 1. The molecule has 2 aromatic heterocycles. The minimum atomic E-state index is -0.621. The summed E-state index contributed by atoms with van der Waals surface area (Å²) in [6, 6.07) is 5.58. The Kier molecular flexibility index (Phi) is 8.95. The van der Waals surface area contributed by atoms with Crippen molar-refractivity contribution in [3.8, 4) is 22.3 Å². The molecule has 0 amide bonds. The van der Waals surface area contributed by atoms with Gasteiger partial charge in [0.1, 0.15) is 15.3 Å². The highest BCUT2D eigenvalue weighted by atomic mass is 35.5. The van der Waals surface area contributed by atoms with E-state index in [0.29, 0.717) is 51.6 Å². The first-order valence-electron chi connectivity index (χ1n) is 12.8. The minimum Gasteiger partial charge on any atom is -0.398 e. The van der Waals surface area contributed by atoms with Crippen LogP contribution in [0.2, 0.25) is 30.4 Å². The Labute approximate surface area is 268 Å². The molecule has 0 fully saturated rings. The lowest BCUT2D eigenvalue weighted by Crippen LogP contribution is -2.27. The summed E-state index contributed by atoms with van der Waals surface area (Å²) >= 11 is 36.7. The van der Waals surface area contributed by atoms with E-state index in [1.165, 1.54) is 22.9 Å². The van der Waals surface area contributed by atoms with E-state index >= 15 is 0 Å². The van der Waals surface area contributed by atoms with Crippen molar-refractivity contribution in [1.82, 2.24) is 18.7 Å². The quantitative estimate of drug-likeness (QED) is 0.134. The number of nitro groups is 1. The fraction of sp³-hybridized carbons (Fsp3) is 0.308. The summed E-state index contributed by atoms with van der Waals surface area (Å²) in [6.45, 7) is 2.58. The summed E-state index contributed by atoms with van der Waals surface area (Å²) in [5.74, 6) is 0. The van der Waals surface area contributed by atoms with Gasteiger partial charge in [0.25, 0.3) is 16.8 Å². The first-order chi connectivity index (χ1) is 19.9. The predicted octanol–water partition coefficient (Wildman–Crippen LogP) is 7.63. The molecule has 0 unspecified atom stereocenters. The number of halogens is 6. The van der Waals surface area contributed by atoms with E-state index in [9.17, 15) is 19.7 Å². The molecular weight excluding hydrogens is 673 g/mol. The predicted molar refractivity (Wildman–Crippen MR) is 168 cm³/mol. The molecule has 16 heteroatoms. The largest absolute Gasteiger partial charge is 0.398 e. The SMILES string of the molecule is Nc1cc(-c2c(Cl)n3n(c2=O)CCCC3)c(Cl)cc1Cl.O=c1c(-c2cc([N+](=O)[O-])c(Cl)cc2Cl)c(Cl)n2n1CCCC2. The number of nitrogens with zero attached hydrogens (tertiary/aromatic N) is 5. The number of hydrogen-bond acceptors (Lipinski definition) is 5. The van der Waals surface area contributed by atoms with Crippen molar-refractivity contribution in [2.75, 3.05) is 5.73 Å². The first kappa shape index (κ1) is 30.8. The molecule has 0 bridgehead atoms. The van der Waals surface area contributed by atoms with E-state index in [4.69, 9.17) is 75.3 Å². The maximum atomic E-state index is 12.5. The standard InChI is InChI=1S/C13H10Cl3N3O3.C13H12Cl3N3O/c14-8-6-9(15)10(19(21)22)5-7(8)11-12(16)17-3-1-2-4-18(17)13(11)20;14-8-6-9(15)10(17)5-7(8)11-12(16)18-3-1-2-4-19(18)13(11)20/h5-6H,1-4H2;5-6H,1-4,17H2. The van der Waals surface area contributed by atoms with Crippen molar-refractivity contribution in [2.45, 2.75) is 51.9 Å². The number of nitrogens with two attached hydrogens (primary N) is 1. The molecule has 10 nitrogen and oxygen atoms in total. The molecule has 2 aromatic carbocycles. The number of rotatable bonds is 3. The maximum absolute atomic E-state index is 12.5. The van der Waals surface area contributed by atoms with E-state index in [0.717, 1.165) is 32.2 Å². The van der Waals surface area contributed by atoms with Gasteiger partial charge in [-0.3, -0.25) is 29.1 Å². The number of aromatic nitrogens is 4. The molecule has 4 aromatic rings. The van der Waals surface area contributed by atoms with Crippen LogP contribution in [0.3, 0.4) is 0 Å². The summed E-state index contributed by atoms with van der Waals surface area (Å²) < 4.78 is 6.67. The molecule has 2 N–H and O–H groups in total. The molecule has 0 saturated carbocycles. The Morgan fingerprint density at radius 3 is 1.45 bits per heavy atom. The van der Waals surface area contributed by atoms with Gasteiger partial charge in [-0.05, 0) is 43.9 Å². The van der Waals surface area contributed by atoms with Gasteiger partial charge in [0.15, 0.2) is 0 Å². The van der Waals surface area contributed by atoms with Crippen LogP contribution in [0.15, 0.2) is 33.9 Å². The van der Waals surface area contributed by atoms with Crippen LogP contribution in [0.25, 0.3) is 22.3 Å².